The van der Waals surface area contributed by atoms with Crippen LogP contribution in [0.3, 0.4) is 0 Å². The van der Waals surface area contributed by atoms with E-state index in [2.05, 4.69) is 41.5 Å². The molecular weight excluding hydrogens is 218 g/mol. The van der Waals surface area contributed by atoms with E-state index in [4.69, 9.17) is 4.74 Å². The van der Waals surface area contributed by atoms with Crippen LogP contribution in [0.5, 0.6) is 0 Å². The highest BCUT2D eigenvalue weighted by Gasteiger charge is 2.24. The summed E-state index contributed by atoms with van der Waals surface area (Å²) >= 11 is 1.91. The van der Waals surface area contributed by atoms with Gasteiger partial charge < -0.3 is 4.74 Å². The Bertz CT molecular complexity index is 304. The molecule has 0 N–H and O–H groups in total. The lowest BCUT2D eigenvalue weighted by Crippen LogP contribution is -2.30. The molecule has 1 fully saturated rings. The van der Waals surface area contributed by atoms with E-state index in [-0.39, 0.29) is 0 Å². The molecule has 1 aromatic carbocycles. The van der Waals surface area contributed by atoms with E-state index in [1.807, 2.05) is 11.8 Å². The van der Waals surface area contributed by atoms with Crippen LogP contribution < -0.4 is 0 Å². The minimum Gasteiger partial charge on any atom is -0.364 e. The van der Waals surface area contributed by atoms with Crippen LogP contribution in [0.1, 0.15) is 12.0 Å². The van der Waals surface area contributed by atoms with Gasteiger partial charge in [-0.05, 0) is 24.0 Å². The summed E-state index contributed by atoms with van der Waals surface area (Å²) in [5.74, 6) is 1.22. The first-order valence-corrected chi connectivity index (χ1v) is 7.14. The Morgan fingerprint density at radius 1 is 1.38 bits per heavy atom. The lowest BCUT2D eigenvalue weighted by atomic mass is 10.1. The Morgan fingerprint density at radius 2 is 2.19 bits per heavy atom. The lowest BCUT2D eigenvalue weighted by Gasteiger charge is -2.21. The second kappa shape index (κ2) is 6.28. The van der Waals surface area contributed by atoms with Crippen molar-refractivity contribution in [1.29, 1.82) is 0 Å². The second-order valence-corrected chi connectivity index (χ2v) is 5.15. The standard InChI is InChI=1S/C13H19NOS/c1-16-8-7-13-10-15-11-14(13)9-12-5-3-2-4-6-12/h2-6,13H,7-11H2,1H3/t13-/m0/s1. The molecule has 0 aromatic heterocycles. The van der Waals surface area contributed by atoms with Crippen molar-refractivity contribution in [3.05, 3.63) is 35.9 Å². The van der Waals surface area contributed by atoms with E-state index in [0.29, 0.717) is 6.04 Å². The van der Waals surface area contributed by atoms with Crippen molar-refractivity contribution in [3.63, 3.8) is 0 Å². The van der Waals surface area contributed by atoms with Crippen molar-refractivity contribution < 1.29 is 4.74 Å². The van der Waals surface area contributed by atoms with E-state index in [9.17, 15) is 0 Å². The van der Waals surface area contributed by atoms with Gasteiger partial charge in [0.25, 0.3) is 0 Å². The van der Waals surface area contributed by atoms with Gasteiger partial charge in [-0.1, -0.05) is 30.3 Å². The van der Waals surface area contributed by atoms with E-state index < -0.39 is 0 Å². The number of nitrogens with zero attached hydrogens (tertiary/aromatic N) is 1. The summed E-state index contributed by atoms with van der Waals surface area (Å²) in [6.07, 6.45) is 3.39. The average Bonchev–Trinajstić information content (AvgIpc) is 2.75. The van der Waals surface area contributed by atoms with Gasteiger partial charge in [-0.15, -0.1) is 0 Å². The summed E-state index contributed by atoms with van der Waals surface area (Å²) in [4.78, 5) is 2.44. The number of thioether (sulfide) groups is 1. The van der Waals surface area contributed by atoms with Crippen molar-refractivity contribution in [2.45, 2.75) is 19.0 Å². The zero-order valence-corrected chi connectivity index (χ0v) is 10.6. The van der Waals surface area contributed by atoms with Crippen molar-refractivity contribution in [3.8, 4) is 0 Å². The minimum absolute atomic E-state index is 0.604. The van der Waals surface area contributed by atoms with Crippen LogP contribution in [0.2, 0.25) is 0 Å². The number of rotatable bonds is 5. The monoisotopic (exact) mass is 237 g/mol. The molecule has 1 atom stereocenters. The molecule has 0 aliphatic carbocycles. The van der Waals surface area contributed by atoms with Crippen LogP contribution in [0.15, 0.2) is 30.3 Å². The van der Waals surface area contributed by atoms with Crippen LogP contribution in [-0.2, 0) is 11.3 Å². The molecule has 1 saturated heterocycles. The number of hydrogen-bond donors (Lipinski definition) is 0. The third kappa shape index (κ3) is 3.24. The zero-order valence-electron chi connectivity index (χ0n) is 9.76. The number of ether oxygens (including phenoxy) is 1. The molecule has 0 saturated carbocycles. The van der Waals surface area contributed by atoms with Gasteiger partial charge in [0.1, 0.15) is 0 Å². The zero-order chi connectivity index (χ0) is 11.2. The molecule has 88 valence electrons. The third-order valence-corrected chi connectivity index (χ3v) is 3.61. The molecular formula is C13H19NOS. The first kappa shape index (κ1) is 12.0. The van der Waals surface area contributed by atoms with Crippen molar-refractivity contribution in [2.75, 3.05) is 25.3 Å². The lowest BCUT2D eigenvalue weighted by molar-refractivity contribution is 0.134. The van der Waals surface area contributed by atoms with Gasteiger partial charge in [0.2, 0.25) is 0 Å². The fourth-order valence-corrected chi connectivity index (χ4v) is 2.54. The molecule has 2 rings (SSSR count). The van der Waals surface area contributed by atoms with Crippen LogP contribution in [0.25, 0.3) is 0 Å². The summed E-state index contributed by atoms with van der Waals surface area (Å²) in [5.41, 5.74) is 1.38. The third-order valence-electron chi connectivity index (χ3n) is 2.97. The van der Waals surface area contributed by atoms with Crippen LogP contribution in [0.4, 0.5) is 0 Å². The van der Waals surface area contributed by atoms with E-state index in [1.54, 1.807) is 0 Å². The highest BCUT2D eigenvalue weighted by molar-refractivity contribution is 7.98. The molecule has 1 aliphatic heterocycles. The van der Waals surface area contributed by atoms with Crippen LogP contribution in [0, 0.1) is 0 Å². The molecule has 1 aliphatic rings. The molecule has 0 bridgehead atoms. The molecule has 0 unspecified atom stereocenters. The summed E-state index contributed by atoms with van der Waals surface area (Å²) in [6.45, 7) is 2.70. The topological polar surface area (TPSA) is 12.5 Å². The van der Waals surface area contributed by atoms with Crippen molar-refractivity contribution in [1.82, 2.24) is 4.90 Å². The molecule has 16 heavy (non-hydrogen) atoms. The Hall–Kier alpha value is -0.510. The van der Waals surface area contributed by atoms with Crippen LogP contribution in [-0.4, -0.2) is 36.3 Å². The Morgan fingerprint density at radius 3 is 2.94 bits per heavy atom. The van der Waals surface area contributed by atoms with Crippen LogP contribution >= 0.6 is 11.8 Å². The molecule has 1 heterocycles. The van der Waals surface area contributed by atoms with Crippen molar-refractivity contribution in [2.24, 2.45) is 0 Å². The minimum atomic E-state index is 0.604. The SMILES string of the molecule is CSCC[C@H]1COCN1Cc1ccccc1. The Kier molecular flexibility index (Phi) is 4.69. The maximum atomic E-state index is 5.56. The fraction of sp³-hybridized carbons (Fsp3) is 0.538. The van der Waals surface area contributed by atoms with Gasteiger partial charge in [-0.2, -0.15) is 11.8 Å². The second-order valence-electron chi connectivity index (χ2n) is 4.17. The van der Waals surface area contributed by atoms with Gasteiger partial charge in [-0.3, -0.25) is 4.90 Å². The quantitative estimate of drug-likeness (QED) is 0.781. The summed E-state index contributed by atoms with van der Waals surface area (Å²) < 4.78 is 5.56. The maximum Gasteiger partial charge on any atom is 0.0997 e. The van der Waals surface area contributed by atoms with Gasteiger partial charge in [-0.25, -0.2) is 0 Å². The van der Waals surface area contributed by atoms with Gasteiger partial charge in [0.15, 0.2) is 0 Å². The van der Waals surface area contributed by atoms with Gasteiger partial charge >= 0.3 is 0 Å². The highest BCUT2D eigenvalue weighted by Crippen LogP contribution is 2.17. The van der Waals surface area contributed by atoms with Gasteiger partial charge in [0, 0.05) is 12.6 Å². The maximum absolute atomic E-state index is 5.56. The summed E-state index contributed by atoms with van der Waals surface area (Å²) in [5, 5.41) is 0. The summed E-state index contributed by atoms with van der Waals surface area (Å²) in [6, 6.07) is 11.2. The van der Waals surface area contributed by atoms with Gasteiger partial charge in [0.05, 0.1) is 13.3 Å². The normalized spacial score (nSPS) is 21.4. The molecule has 1 aromatic rings. The largest absolute Gasteiger partial charge is 0.364 e. The number of hydrogen-bond acceptors (Lipinski definition) is 3. The average molecular weight is 237 g/mol. The predicted octanol–water partition coefficient (Wildman–Crippen LogP) is 2.60. The van der Waals surface area contributed by atoms with E-state index in [1.165, 1.54) is 17.7 Å². The molecule has 0 radical (unpaired) electrons. The van der Waals surface area contributed by atoms with Crippen molar-refractivity contribution >= 4 is 11.8 Å². The predicted molar refractivity (Wildman–Crippen MR) is 69.6 cm³/mol. The first-order chi connectivity index (χ1) is 7.90. The Labute approximate surface area is 102 Å². The fourth-order valence-electron chi connectivity index (χ4n) is 2.03. The highest BCUT2D eigenvalue weighted by atomic mass is 32.2. The van der Waals surface area contributed by atoms with E-state index in [0.717, 1.165) is 19.9 Å². The smallest absolute Gasteiger partial charge is 0.0997 e. The molecule has 0 amide bonds. The summed E-state index contributed by atoms with van der Waals surface area (Å²) in [7, 11) is 0. The van der Waals surface area contributed by atoms with E-state index >= 15 is 0 Å². The molecule has 3 heteroatoms. The Balaban J connectivity index is 1.88. The molecule has 0 spiro atoms. The number of benzene rings is 1. The molecule has 2 nitrogen and oxygen atoms in total. The first-order valence-electron chi connectivity index (χ1n) is 5.75.